The quantitative estimate of drug-likeness (QED) is 0.619. The number of anilines is 1. The van der Waals surface area contributed by atoms with Crippen molar-refractivity contribution < 1.29 is 14.8 Å². The average molecular weight is 307 g/mol. The Labute approximate surface area is 119 Å². The second-order valence-corrected chi connectivity index (χ2v) is 4.83. The molecule has 0 heterocycles. The summed E-state index contributed by atoms with van der Waals surface area (Å²) in [6.07, 6.45) is 0.315. The van der Waals surface area contributed by atoms with Crippen LogP contribution >= 0.6 is 23.2 Å². The van der Waals surface area contributed by atoms with E-state index < -0.39 is 10.9 Å². The summed E-state index contributed by atoms with van der Waals surface area (Å²) in [4.78, 5) is 20.8. The lowest BCUT2D eigenvalue weighted by molar-refractivity contribution is -0.384. The minimum absolute atomic E-state index is 0.0245. The summed E-state index contributed by atoms with van der Waals surface area (Å²) >= 11 is 11.5. The van der Waals surface area contributed by atoms with Crippen LogP contribution in [0.2, 0.25) is 10.0 Å². The van der Waals surface area contributed by atoms with E-state index in [2.05, 4.69) is 5.32 Å². The number of benzene rings is 1. The third kappa shape index (κ3) is 4.57. The van der Waals surface area contributed by atoms with Gasteiger partial charge in [-0.1, -0.05) is 23.2 Å². The van der Waals surface area contributed by atoms with Crippen LogP contribution in [0.15, 0.2) is 12.1 Å². The van der Waals surface area contributed by atoms with Gasteiger partial charge in [-0.3, -0.25) is 14.9 Å². The Morgan fingerprint density at radius 2 is 2.05 bits per heavy atom. The van der Waals surface area contributed by atoms with Gasteiger partial charge in [0.2, 0.25) is 0 Å². The summed E-state index contributed by atoms with van der Waals surface area (Å²) in [7, 11) is 0. The van der Waals surface area contributed by atoms with Crippen molar-refractivity contribution in [1.82, 2.24) is 0 Å². The number of nitrogens with one attached hydrogen (secondary N) is 1. The van der Waals surface area contributed by atoms with Crippen molar-refractivity contribution in [3.63, 3.8) is 0 Å². The normalized spacial score (nSPS) is 11.9. The molecule has 0 bridgehead atoms. The molecular weight excluding hydrogens is 295 g/mol. The van der Waals surface area contributed by atoms with Crippen LogP contribution < -0.4 is 5.32 Å². The van der Waals surface area contributed by atoms with Crippen molar-refractivity contribution >= 4 is 40.5 Å². The van der Waals surface area contributed by atoms with E-state index in [1.165, 1.54) is 6.07 Å². The lowest BCUT2D eigenvalue weighted by atomic mass is 10.1. The number of carboxylic acid groups (broad SMARTS) is 1. The van der Waals surface area contributed by atoms with Crippen LogP contribution in [0.4, 0.5) is 11.4 Å². The first kappa shape index (κ1) is 15.5. The van der Waals surface area contributed by atoms with Gasteiger partial charge in [0.15, 0.2) is 0 Å². The van der Waals surface area contributed by atoms with Crippen LogP contribution in [-0.4, -0.2) is 22.0 Å². The van der Waals surface area contributed by atoms with Gasteiger partial charge in [-0.15, -0.1) is 0 Å². The Morgan fingerprint density at radius 1 is 1.47 bits per heavy atom. The van der Waals surface area contributed by atoms with Gasteiger partial charge in [0.05, 0.1) is 15.0 Å². The lowest BCUT2D eigenvalue weighted by Gasteiger charge is -2.14. The number of carbonyl (C=O) groups is 1. The molecule has 0 spiro atoms. The van der Waals surface area contributed by atoms with E-state index in [0.29, 0.717) is 6.42 Å². The van der Waals surface area contributed by atoms with Gasteiger partial charge in [0, 0.05) is 18.5 Å². The first-order valence-corrected chi connectivity index (χ1v) is 6.18. The largest absolute Gasteiger partial charge is 0.481 e. The van der Waals surface area contributed by atoms with Gasteiger partial charge < -0.3 is 10.4 Å². The maximum atomic E-state index is 10.9. The Kier molecular flexibility index (Phi) is 5.38. The standard InChI is InChI=1S/C11H12Cl2N2O4/c1-6(2-3-11(16)17)14-9-4-7(12)8(13)5-10(9)15(18)19/h4-6,14H,2-3H2,1H3,(H,16,17). The van der Waals surface area contributed by atoms with E-state index in [0.717, 1.165) is 6.07 Å². The highest BCUT2D eigenvalue weighted by atomic mass is 35.5. The van der Waals surface area contributed by atoms with E-state index in [1.807, 2.05) is 0 Å². The number of nitrogens with zero attached hydrogens (tertiary/aromatic N) is 1. The molecule has 0 radical (unpaired) electrons. The number of nitro groups is 1. The maximum Gasteiger partial charge on any atom is 0.303 e. The highest BCUT2D eigenvalue weighted by Crippen LogP contribution is 2.34. The number of halogens is 2. The fourth-order valence-corrected chi connectivity index (χ4v) is 1.80. The molecule has 0 fully saturated rings. The Bertz CT molecular complexity index is 508. The lowest BCUT2D eigenvalue weighted by Crippen LogP contribution is -2.17. The topological polar surface area (TPSA) is 92.5 Å². The van der Waals surface area contributed by atoms with Gasteiger partial charge >= 0.3 is 5.97 Å². The van der Waals surface area contributed by atoms with E-state index in [-0.39, 0.29) is 33.9 Å². The van der Waals surface area contributed by atoms with E-state index in [1.54, 1.807) is 6.92 Å². The van der Waals surface area contributed by atoms with Gasteiger partial charge in [-0.05, 0) is 19.4 Å². The van der Waals surface area contributed by atoms with Crippen molar-refractivity contribution in [2.24, 2.45) is 0 Å². The van der Waals surface area contributed by atoms with Gasteiger partial charge in [0.1, 0.15) is 5.69 Å². The highest BCUT2D eigenvalue weighted by Gasteiger charge is 2.18. The van der Waals surface area contributed by atoms with E-state index in [9.17, 15) is 14.9 Å². The predicted octanol–water partition coefficient (Wildman–Crippen LogP) is 3.57. The fraction of sp³-hybridized carbons (Fsp3) is 0.364. The van der Waals surface area contributed by atoms with Crippen LogP contribution in [0.5, 0.6) is 0 Å². The number of hydrogen-bond donors (Lipinski definition) is 2. The summed E-state index contributed by atoms with van der Waals surface area (Å²) in [5.74, 6) is -0.919. The van der Waals surface area contributed by atoms with Crippen LogP contribution in [0, 0.1) is 10.1 Å². The highest BCUT2D eigenvalue weighted by molar-refractivity contribution is 6.42. The zero-order chi connectivity index (χ0) is 14.6. The smallest absolute Gasteiger partial charge is 0.303 e. The molecule has 6 nitrogen and oxygen atoms in total. The molecule has 8 heteroatoms. The molecule has 0 aliphatic carbocycles. The molecule has 1 aromatic carbocycles. The fourth-order valence-electron chi connectivity index (χ4n) is 1.48. The van der Waals surface area contributed by atoms with Crippen molar-refractivity contribution in [2.45, 2.75) is 25.8 Å². The molecule has 0 aromatic heterocycles. The molecular formula is C11H12Cl2N2O4. The summed E-state index contributed by atoms with van der Waals surface area (Å²) in [5.41, 5.74) is 0.0221. The van der Waals surface area contributed by atoms with Crippen LogP contribution in [0.25, 0.3) is 0 Å². The summed E-state index contributed by atoms with van der Waals surface area (Å²) in [5, 5.41) is 22.6. The van der Waals surface area contributed by atoms with Crippen molar-refractivity contribution in [3.8, 4) is 0 Å². The number of hydrogen-bond acceptors (Lipinski definition) is 4. The van der Waals surface area contributed by atoms with Crippen LogP contribution in [0.3, 0.4) is 0 Å². The number of nitro benzene ring substituents is 1. The predicted molar refractivity (Wildman–Crippen MR) is 73.1 cm³/mol. The second-order valence-electron chi connectivity index (χ2n) is 4.02. The zero-order valence-electron chi connectivity index (χ0n) is 10.0. The Hall–Kier alpha value is -1.53. The minimum atomic E-state index is -0.919. The summed E-state index contributed by atoms with van der Waals surface area (Å²) in [6, 6.07) is 2.28. The molecule has 0 aliphatic heterocycles. The third-order valence-corrected chi connectivity index (χ3v) is 3.15. The maximum absolute atomic E-state index is 10.9. The van der Waals surface area contributed by atoms with Crippen LogP contribution in [-0.2, 0) is 4.79 Å². The molecule has 0 saturated heterocycles. The molecule has 1 rings (SSSR count). The molecule has 2 N–H and O–H groups in total. The molecule has 0 saturated carbocycles. The third-order valence-electron chi connectivity index (χ3n) is 2.43. The zero-order valence-corrected chi connectivity index (χ0v) is 11.5. The number of aliphatic carboxylic acids is 1. The molecule has 1 aromatic rings. The first-order chi connectivity index (χ1) is 8.81. The van der Waals surface area contributed by atoms with Crippen LogP contribution in [0.1, 0.15) is 19.8 Å². The van der Waals surface area contributed by atoms with Gasteiger partial charge in [-0.25, -0.2) is 0 Å². The molecule has 0 amide bonds. The Morgan fingerprint density at radius 3 is 2.58 bits per heavy atom. The molecule has 1 atom stereocenters. The van der Waals surface area contributed by atoms with Crippen molar-refractivity contribution in [2.75, 3.05) is 5.32 Å². The first-order valence-electron chi connectivity index (χ1n) is 5.43. The molecule has 104 valence electrons. The van der Waals surface area contributed by atoms with Crippen molar-refractivity contribution in [1.29, 1.82) is 0 Å². The number of carboxylic acids is 1. The monoisotopic (exact) mass is 306 g/mol. The molecule has 0 aliphatic rings. The second kappa shape index (κ2) is 6.58. The number of rotatable bonds is 6. The summed E-state index contributed by atoms with van der Waals surface area (Å²) in [6.45, 7) is 1.73. The summed E-state index contributed by atoms with van der Waals surface area (Å²) < 4.78 is 0. The Balaban J connectivity index is 2.90. The van der Waals surface area contributed by atoms with Gasteiger partial charge in [0.25, 0.3) is 5.69 Å². The van der Waals surface area contributed by atoms with Gasteiger partial charge in [-0.2, -0.15) is 0 Å². The molecule has 19 heavy (non-hydrogen) atoms. The van der Waals surface area contributed by atoms with E-state index >= 15 is 0 Å². The minimum Gasteiger partial charge on any atom is -0.481 e. The average Bonchev–Trinajstić information content (AvgIpc) is 2.30. The van der Waals surface area contributed by atoms with E-state index in [4.69, 9.17) is 28.3 Å². The molecule has 1 unspecified atom stereocenters. The SMILES string of the molecule is CC(CCC(=O)O)Nc1cc(Cl)c(Cl)cc1[N+](=O)[O-]. The van der Waals surface area contributed by atoms with Crippen molar-refractivity contribution in [3.05, 3.63) is 32.3 Å².